The van der Waals surface area contributed by atoms with E-state index in [0.29, 0.717) is 30.4 Å². The average Bonchev–Trinajstić information content (AvgIpc) is 2.47. The molecule has 0 aliphatic carbocycles. The number of nitrogens with two attached hydrogens (primary N) is 1. The topological polar surface area (TPSA) is 89.2 Å². The fourth-order valence-corrected chi connectivity index (χ4v) is 5.29. The van der Waals surface area contributed by atoms with Crippen LogP contribution in [-0.2, 0) is 16.3 Å². The van der Waals surface area contributed by atoms with Crippen LogP contribution in [0.4, 0.5) is 11.6 Å². The molecule has 1 aliphatic rings. The van der Waals surface area contributed by atoms with E-state index in [0.717, 1.165) is 11.3 Å². The van der Waals surface area contributed by atoms with Crippen molar-refractivity contribution in [3.05, 3.63) is 11.9 Å². The summed E-state index contributed by atoms with van der Waals surface area (Å²) < 4.78 is 24.6. The Balaban J connectivity index is 2.46. The molecule has 1 fully saturated rings. The van der Waals surface area contributed by atoms with Crippen LogP contribution < -0.4 is 10.6 Å². The molecule has 0 spiro atoms. The molecule has 8 heteroatoms. The molecule has 1 aromatic heterocycles. The van der Waals surface area contributed by atoms with Gasteiger partial charge in [0.15, 0.2) is 9.84 Å². The lowest BCUT2D eigenvalue weighted by Crippen LogP contribution is -2.48. The van der Waals surface area contributed by atoms with Crippen molar-refractivity contribution < 1.29 is 8.42 Å². The van der Waals surface area contributed by atoms with E-state index < -0.39 is 15.2 Å². The number of nitrogens with zero attached hydrogens (tertiary/aromatic N) is 3. The number of aromatic nitrogens is 2. The third kappa shape index (κ3) is 2.85. The van der Waals surface area contributed by atoms with Crippen LogP contribution in [0.3, 0.4) is 0 Å². The first-order valence-electron chi connectivity index (χ1n) is 6.66. The molecule has 6 nitrogen and oxygen atoms in total. The number of hydrogen-bond donors (Lipinski definition) is 1. The molecule has 0 radical (unpaired) electrons. The minimum Gasteiger partial charge on any atom is -0.383 e. The van der Waals surface area contributed by atoms with Gasteiger partial charge < -0.3 is 10.6 Å². The van der Waals surface area contributed by atoms with Gasteiger partial charge in [0.2, 0.25) is 0 Å². The van der Waals surface area contributed by atoms with E-state index in [-0.39, 0.29) is 5.75 Å². The summed E-state index contributed by atoms with van der Waals surface area (Å²) in [5, 5.41) is -0.522. The maximum absolute atomic E-state index is 12.3. The van der Waals surface area contributed by atoms with Gasteiger partial charge in [0.25, 0.3) is 0 Å². The second kappa shape index (κ2) is 6.17. The quantitative estimate of drug-likeness (QED) is 0.884. The van der Waals surface area contributed by atoms with Crippen molar-refractivity contribution in [3.8, 4) is 0 Å². The molecule has 1 saturated heterocycles. The second-order valence-corrected chi connectivity index (χ2v) is 8.19. The summed E-state index contributed by atoms with van der Waals surface area (Å²) in [6.45, 7) is 4.32. The first-order chi connectivity index (χ1) is 9.51. The molecule has 0 amide bonds. The maximum Gasteiger partial charge on any atom is 0.171 e. The molecule has 0 aromatic carbocycles. The summed E-state index contributed by atoms with van der Waals surface area (Å²) in [4.78, 5) is 10.2. The zero-order valence-corrected chi connectivity index (χ0v) is 13.4. The minimum absolute atomic E-state index is 0.136. The summed E-state index contributed by atoms with van der Waals surface area (Å²) in [7, 11) is -3.15. The number of rotatable bonds is 4. The Morgan fingerprint density at radius 3 is 2.85 bits per heavy atom. The highest BCUT2D eigenvalue weighted by Crippen LogP contribution is 2.30. The van der Waals surface area contributed by atoms with Crippen LogP contribution in [0.25, 0.3) is 0 Å². The summed E-state index contributed by atoms with van der Waals surface area (Å²) in [5.74, 6) is 2.70. The number of thioether (sulfide) groups is 1. The number of nitrogen functional groups attached to an aromatic ring is 1. The van der Waals surface area contributed by atoms with Gasteiger partial charge in [-0.1, -0.05) is 13.8 Å². The largest absolute Gasteiger partial charge is 0.383 e. The second-order valence-electron chi connectivity index (χ2n) is 4.59. The monoisotopic (exact) mass is 316 g/mol. The van der Waals surface area contributed by atoms with E-state index in [1.807, 2.05) is 11.8 Å². The van der Waals surface area contributed by atoms with E-state index in [4.69, 9.17) is 5.73 Å². The predicted molar refractivity (Wildman–Crippen MR) is 83.7 cm³/mol. The Bertz CT molecular complexity index is 577. The molecule has 0 bridgehead atoms. The van der Waals surface area contributed by atoms with E-state index >= 15 is 0 Å². The summed E-state index contributed by atoms with van der Waals surface area (Å²) in [6, 6.07) is 0. The van der Waals surface area contributed by atoms with Gasteiger partial charge in [-0.3, -0.25) is 0 Å². The smallest absolute Gasteiger partial charge is 0.171 e. The molecule has 0 saturated carbocycles. The lowest BCUT2D eigenvalue weighted by Gasteiger charge is -2.36. The van der Waals surface area contributed by atoms with Crippen LogP contribution in [0.15, 0.2) is 6.33 Å². The standard InChI is InChI=1S/C12H20N4O2S2/c1-3-9-11(13)14-8-15-12(9)16-5-6-19-7-10(16)20(17,18)4-2/h8,10H,3-7H2,1-2H3,(H2,13,14,15). The van der Waals surface area contributed by atoms with Crippen LogP contribution in [0.1, 0.15) is 19.4 Å². The Morgan fingerprint density at radius 1 is 1.45 bits per heavy atom. The van der Waals surface area contributed by atoms with Crippen molar-refractivity contribution in [2.75, 3.05) is 34.4 Å². The summed E-state index contributed by atoms with van der Waals surface area (Å²) >= 11 is 1.67. The normalized spacial score (nSPS) is 20.1. The summed E-state index contributed by atoms with van der Waals surface area (Å²) in [6.07, 6.45) is 2.09. The van der Waals surface area contributed by atoms with Gasteiger partial charge >= 0.3 is 0 Å². The van der Waals surface area contributed by atoms with E-state index in [1.165, 1.54) is 6.33 Å². The lowest BCUT2D eigenvalue weighted by atomic mass is 10.2. The molecule has 112 valence electrons. The van der Waals surface area contributed by atoms with Gasteiger partial charge in [-0.2, -0.15) is 11.8 Å². The van der Waals surface area contributed by atoms with Gasteiger partial charge in [0.05, 0.1) is 0 Å². The highest BCUT2D eigenvalue weighted by molar-refractivity contribution is 8.01. The maximum atomic E-state index is 12.3. The summed E-state index contributed by atoms with van der Waals surface area (Å²) in [5.41, 5.74) is 6.72. The Kier molecular flexibility index (Phi) is 4.74. The van der Waals surface area contributed by atoms with Crippen molar-refractivity contribution in [1.29, 1.82) is 0 Å². The number of sulfone groups is 1. The molecule has 20 heavy (non-hydrogen) atoms. The Labute approximate surface area is 124 Å². The fourth-order valence-electron chi connectivity index (χ4n) is 2.32. The third-order valence-electron chi connectivity index (χ3n) is 3.48. The van der Waals surface area contributed by atoms with E-state index in [1.54, 1.807) is 18.7 Å². The van der Waals surface area contributed by atoms with Gasteiger partial charge in [-0.15, -0.1) is 0 Å². The molecular formula is C12H20N4O2S2. The molecular weight excluding hydrogens is 296 g/mol. The van der Waals surface area contributed by atoms with E-state index in [9.17, 15) is 8.42 Å². The number of anilines is 2. The third-order valence-corrected chi connectivity index (χ3v) is 6.77. The fraction of sp³-hybridized carbons (Fsp3) is 0.667. The first kappa shape index (κ1) is 15.4. The van der Waals surface area contributed by atoms with Crippen LogP contribution in [-0.4, -0.2) is 47.6 Å². The van der Waals surface area contributed by atoms with E-state index in [2.05, 4.69) is 9.97 Å². The highest BCUT2D eigenvalue weighted by atomic mass is 32.2. The first-order valence-corrected chi connectivity index (χ1v) is 9.53. The highest BCUT2D eigenvalue weighted by Gasteiger charge is 2.34. The minimum atomic E-state index is -3.15. The zero-order valence-electron chi connectivity index (χ0n) is 11.7. The van der Waals surface area contributed by atoms with Crippen LogP contribution >= 0.6 is 11.8 Å². The van der Waals surface area contributed by atoms with Crippen LogP contribution in [0.2, 0.25) is 0 Å². The molecule has 2 N–H and O–H groups in total. The molecule has 2 heterocycles. The van der Waals surface area contributed by atoms with Gasteiger partial charge in [-0.25, -0.2) is 18.4 Å². The Hall–Kier alpha value is -1.02. The van der Waals surface area contributed by atoms with Crippen molar-refractivity contribution >= 4 is 33.2 Å². The van der Waals surface area contributed by atoms with Crippen molar-refractivity contribution in [1.82, 2.24) is 9.97 Å². The van der Waals surface area contributed by atoms with Crippen molar-refractivity contribution in [2.24, 2.45) is 0 Å². The lowest BCUT2D eigenvalue weighted by molar-refractivity contribution is 0.578. The molecule has 1 aliphatic heterocycles. The molecule has 1 unspecified atom stereocenters. The van der Waals surface area contributed by atoms with Gasteiger partial charge in [0, 0.05) is 29.4 Å². The van der Waals surface area contributed by atoms with Crippen LogP contribution in [0, 0.1) is 0 Å². The van der Waals surface area contributed by atoms with Crippen molar-refractivity contribution in [2.45, 2.75) is 25.6 Å². The average molecular weight is 316 g/mol. The SMILES string of the molecule is CCc1c(N)ncnc1N1CCSCC1S(=O)(=O)CC. The Morgan fingerprint density at radius 2 is 2.20 bits per heavy atom. The molecule has 2 rings (SSSR count). The van der Waals surface area contributed by atoms with Crippen molar-refractivity contribution in [3.63, 3.8) is 0 Å². The van der Waals surface area contributed by atoms with Gasteiger partial charge in [0.1, 0.15) is 23.3 Å². The van der Waals surface area contributed by atoms with Crippen LogP contribution in [0.5, 0.6) is 0 Å². The zero-order chi connectivity index (χ0) is 14.8. The molecule has 1 atom stereocenters. The number of hydrogen-bond acceptors (Lipinski definition) is 7. The predicted octanol–water partition coefficient (Wildman–Crippen LogP) is 0.935. The molecule has 1 aromatic rings. The van der Waals surface area contributed by atoms with Gasteiger partial charge in [-0.05, 0) is 6.42 Å².